The summed E-state index contributed by atoms with van der Waals surface area (Å²) in [4.78, 5) is 14.9. The molecule has 1 aromatic heterocycles. The van der Waals surface area contributed by atoms with Crippen molar-refractivity contribution in [2.75, 3.05) is 19.6 Å². The first-order valence-electron chi connectivity index (χ1n) is 12.3. The number of halogens is 3. The molecule has 6 nitrogen and oxygen atoms in total. The van der Waals surface area contributed by atoms with Crippen LogP contribution in [0.4, 0.5) is 8.78 Å². The lowest BCUT2D eigenvalue weighted by atomic mass is 10.0. The molecule has 5 rings (SSSR count). The maximum atomic E-state index is 15.2. The zero-order valence-electron chi connectivity index (χ0n) is 20.0. The Bertz CT molecular complexity index is 1250. The number of rotatable bonds is 9. The molecular formula is C27H29ClF2N2O4. The number of fused-ring (bicyclic) bond motifs is 1. The Kier molecular flexibility index (Phi) is 6.94. The fourth-order valence-corrected chi connectivity index (χ4v) is 4.78. The Balaban J connectivity index is 1.37. The lowest BCUT2D eigenvalue weighted by Gasteiger charge is -2.30. The molecule has 9 heteroatoms. The van der Waals surface area contributed by atoms with Gasteiger partial charge in [-0.2, -0.15) is 8.78 Å². The van der Waals surface area contributed by atoms with Crippen molar-refractivity contribution in [1.29, 1.82) is 0 Å². The van der Waals surface area contributed by atoms with Gasteiger partial charge in [0.05, 0.1) is 17.2 Å². The van der Waals surface area contributed by atoms with Gasteiger partial charge in [0.25, 0.3) is 5.91 Å². The van der Waals surface area contributed by atoms with Crippen molar-refractivity contribution in [3.63, 3.8) is 0 Å². The molecule has 1 aliphatic carbocycles. The van der Waals surface area contributed by atoms with Crippen molar-refractivity contribution in [1.82, 2.24) is 10.2 Å². The van der Waals surface area contributed by atoms with Gasteiger partial charge in [0.1, 0.15) is 17.4 Å². The smallest absolute Gasteiger partial charge is 0.380 e. The molecule has 1 saturated heterocycles. The van der Waals surface area contributed by atoms with Gasteiger partial charge in [-0.25, -0.2) is 0 Å². The number of nitrogens with zero attached hydrogens (tertiary/aromatic N) is 1. The molecule has 1 aliphatic heterocycles. The van der Waals surface area contributed by atoms with Crippen molar-refractivity contribution in [3.05, 3.63) is 64.4 Å². The lowest BCUT2D eigenvalue weighted by molar-refractivity contribution is -0.151. The van der Waals surface area contributed by atoms with Crippen molar-refractivity contribution in [2.24, 2.45) is 0 Å². The van der Waals surface area contributed by atoms with Gasteiger partial charge >= 0.3 is 5.92 Å². The van der Waals surface area contributed by atoms with E-state index in [1.54, 1.807) is 36.4 Å². The van der Waals surface area contributed by atoms with Crippen LogP contribution < -0.4 is 10.1 Å². The summed E-state index contributed by atoms with van der Waals surface area (Å²) >= 11 is 6.36. The van der Waals surface area contributed by atoms with Crippen molar-refractivity contribution >= 4 is 28.5 Å². The van der Waals surface area contributed by atoms with Crippen LogP contribution in [-0.2, 0) is 10.7 Å². The summed E-state index contributed by atoms with van der Waals surface area (Å²) in [5, 5.41) is 14.4. The number of likely N-dealkylation sites (tertiary alicyclic amines) is 1. The Labute approximate surface area is 213 Å². The van der Waals surface area contributed by atoms with E-state index in [-0.39, 0.29) is 18.2 Å². The predicted molar refractivity (Wildman–Crippen MR) is 133 cm³/mol. The molecular weight excluding hydrogens is 490 g/mol. The SMILES string of the molecule is Cc1ccc2oc(C(F)(F)C(=O)N[C@H](CN3CCCC3)[C@H](O)c3ccc(OC4CC4)c(Cl)c3)cc2c1. The second-order valence-electron chi connectivity index (χ2n) is 9.77. The molecule has 2 aromatic carbocycles. The van der Waals surface area contributed by atoms with E-state index in [1.165, 1.54) is 6.07 Å². The number of alkyl halides is 2. The molecule has 0 unspecified atom stereocenters. The summed E-state index contributed by atoms with van der Waals surface area (Å²) in [6.07, 6.45) is 2.81. The molecule has 1 saturated carbocycles. The monoisotopic (exact) mass is 518 g/mol. The summed E-state index contributed by atoms with van der Waals surface area (Å²) in [5.74, 6) is -5.67. The van der Waals surface area contributed by atoms with Crippen LogP contribution in [-0.4, -0.2) is 47.7 Å². The highest BCUT2D eigenvalue weighted by Gasteiger charge is 2.46. The van der Waals surface area contributed by atoms with E-state index < -0.39 is 29.7 Å². The van der Waals surface area contributed by atoms with E-state index in [0.717, 1.165) is 44.3 Å². The lowest BCUT2D eigenvalue weighted by Crippen LogP contribution is -2.50. The van der Waals surface area contributed by atoms with Gasteiger partial charge in [0.2, 0.25) is 0 Å². The molecule has 192 valence electrons. The molecule has 2 atom stereocenters. The normalized spacial score (nSPS) is 18.4. The number of aryl methyl sites for hydroxylation is 1. The topological polar surface area (TPSA) is 74.9 Å². The van der Waals surface area contributed by atoms with E-state index in [0.29, 0.717) is 21.7 Å². The largest absolute Gasteiger partial charge is 0.489 e. The molecule has 2 N–H and O–H groups in total. The number of hydrogen-bond donors (Lipinski definition) is 2. The van der Waals surface area contributed by atoms with Gasteiger partial charge < -0.3 is 24.5 Å². The molecule has 1 amide bonds. The van der Waals surface area contributed by atoms with Crippen LogP contribution in [0, 0.1) is 6.92 Å². The average molecular weight is 519 g/mol. The Hall–Kier alpha value is -2.68. The molecule has 0 radical (unpaired) electrons. The molecule has 36 heavy (non-hydrogen) atoms. The Morgan fingerprint density at radius 3 is 2.67 bits per heavy atom. The number of carbonyl (C=O) groups excluding carboxylic acids is 1. The number of benzene rings is 2. The number of furan rings is 1. The number of amides is 1. The average Bonchev–Trinajstić information content (AvgIpc) is 3.32. The number of ether oxygens (including phenoxy) is 1. The minimum absolute atomic E-state index is 0.157. The van der Waals surface area contributed by atoms with Crippen molar-refractivity contribution < 1.29 is 27.8 Å². The molecule has 2 fully saturated rings. The van der Waals surface area contributed by atoms with Crippen LogP contribution >= 0.6 is 11.6 Å². The third-order valence-corrected chi connectivity index (χ3v) is 7.03. The van der Waals surface area contributed by atoms with Crippen LogP contribution in [0.25, 0.3) is 11.0 Å². The maximum Gasteiger partial charge on any atom is 0.380 e. The maximum absolute atomic E-state index is 15.2. The van der Waals surface area contributed by atoms with Crippen LogP contribution in [0.2, 0.25) is 5.02 Å². The van der Waals surface area contributed by atoms with Gasteiger partial charge in [0, 0.05) is 11.9 Å². The van der Waals surface area contributed by atoms with E-state index in [4.69, 9.17) is 20.8 Å². The van der Waals surface area contributed by atoms with Gasteiger partial charge in [-0.05, 0) is 81.6 Å². The van der Waals surface area contributed by atoms with Crippen molar-refractivity contribution in [2.45, 2.75) is 56.8 Å². The third kappa shape index (κ3) is 5.36. The molecule has 3 aromatic rings. The second kappa shape index (κ2) is 10.00. The van der Waals surface area contributed by atoms with Crippen LogP contribution in [0.1, 0.15) is 48.7 Å². The summed E-state index contributed by atoms with van der Waals surface area (Å²) in [7, 11) is 0. The van der Waals surface area contributed by atoms with Gasteiger partial charge in [-0.3, -0.25) is 4.79 Å². The predicted octanol–water partition coefficient (Wildman–Crippen LogP) is 5.34. The molecule has 0 bridgehead atoms. The van der Waals surface area contributed by atoms with Gasteiger partial charge in [0.15, 0.2) is 5.76 Å². The standard InChI is InChI=1S/C27H29ClF2N2O4/c1-16-4-8-22-18(12-16)14-24(36-22)27(29,30)26(34)31-21(15-32-10-2-3-11-32)25(33)17-5-9-23(20(28)13-17)35-19-6-7-19/h4-5,8-9,12-14,19,21,25,33H,2-3,6-7,10-11,15H2,1H3,(H,31,34)/t21-,25-/m1/s1. The highest BCUT2D eigenvalue weighted by Crippen LogP contribution is 2.36. The first-order valence-corrected chi connectivity index (χ1v) is 12.6. The fraction of sp³-hybridized carbons (Fsp3) is 0.444. The Morgan fingerprint density at radius 2 is 1.97 bits per heavy atom. The van der Waals surface area contributed by atoms with Crippen LogP contribution in [0.15, 0.2) is 46.9 Å². The van der Waals surface area contributed by atoms with Gasteiger partial charge in [-0.1, -0.05) is 29.3 Å². The summed E-state index contributed by atoms with van der Waals surface area (Å²) in [5.41, 5.74) is 1.58. The number of carbonyl (C=O) groups is 1. The highest BCUT2D eigenvalue weighted by molar-refractivity contribution is 6.32. The number of aliphatic hydroxyl groups excluding tert-OH is 1. The van der Waals surface area contributed by atoms with E-state index in [2.05, 4.69) is 5.32 Å². The Morgan fingerprint density at radius 1 is 1.22 bits per heavy atom. The first kappa shape index (κ1) is 25.0. The number of hydrogen-bond acceptors (Lipinski definition) is 5. The second-order valence-corrected chi connectivity index (χ2v) is 10.2. The summed E-state index contributed by atoms with van der Waals surface area (Å²) < 4.78 is 41.5. The van der Waals surface area contributed by atoms with Crippen LogP contribution in [0.5, 0.6) is 5.75 Å². The summed E-state index contributed by atoms with van der Waals surface area (Å²) in [6, 6.07) is 10.1. The van der Waals surface area contributed by atoms with Gasteiger partial charge in [-0.15, -0.1) is 0 Å². The number of aliphatic hydroxyl groups is 1. The minimum Gasteiger partial charge on any atom is -0.489 e. The molecule has 2 heterocycles. The van der Waals surface area contributed by atoms with E-state index in [9.17, 15) is 9.90 Å². The third-order valence-electron chi connectivity index (χ3n) is 6.73. The summed E-state index contributed by atoms with van der Waals surface area (Å²) in [6.45, 7) is 3.61. The highest BCUT2D eigenvalue weighted by atomic mass is 35.5. The van der Waals surface area contributed by atoms with E-state index in [1.807, 2.05) is 11.8 Å². The van der Waals surface area contributed by atoms with E-state index >= 15 is 8.78 Å². The number of nitrogens with one attached hydrogen (secondary N) is 1. The zero-order valence-corrected chi connectivity index (χ0v) is 20.7. The minimum atomic E-state index is -3.92. The quantitative estimate of drug-likeness (QED) is 0.400. The fourth-order valence-electron chi connectivity index (χ4n) is 4.55. The molecule has 0 spiro atoms. The zero-order chi connectivity index (χ0) is 25.4. The van der Waals surface area contributed by atoms with Crippen molar-refractivity contribution in [3.8, 4) is 5.75 Å². The molecule has 2 aliphatic rings. The van der Waals surface area contributed by atoms with Crippen LogP contribution in [0.3, 0.4) is 0 Å². The first-order chi connectivity index (χ1) is 17.2.